The second kappa shape index (κ2) is 19.5. The highest BCUT2D eigenvalue weighted by atomic mass is 19.4. The fourth-order valence-corrected chi connectivity index (χ4v) is 7.30. The Bertz CT molecular complexity index is 2430. The fraction of sp³-hybridized carbons (Fsp3) is 0.234. The summed E-state index contributed by atoms with van der Waals surface area (Å²) in [5.74, 6) is -15.1. The first-order chi connectivity index (χ1) is 30.6. The number of ether oxygens (including phenoxy) is 2. The summed E-state index contributed by atoms with van der Waals surface area (Å²) in [5.41, 5.74) is -8.46. The lowest BCUT2D eigenvalue weighted by atomic mass is 9.95. The summed E-state index contributed by atoms with van der Waals surface area (Å²) in [7, 11) is 0. The Balaban J connectivity index is 0.990. The van der Waals surface area contributed by atoms with Crippen LogP contribution in [0.5, 0.6) is 11.5 Å². The number of rotatable bonds is 15. The molecule has 0 radical (unpaired) electrons. The van der Waals surface area contributed by atoms with E-state index in [1.54, 1.807) is 0 Å². The van der Waals surface area contributed by atoms with Gasteiger partial charge in [-0.1, -0.05) is 37.6 Å². The summed E-state index contributed by atoms with van der Waals surface area (Å²) in [6.07, 6.45) is -7.87. The first kappa shape index (κ1) is 48.3. The van der Waals surface area contributed by atoms with E-state index in [2.05, 4.69) is 0 Å². The predicted molar refractivity (Wildman–Crippen MR) is 207 cm³/mol. The number of halogens is 16. The van der Waals surface area contributed by atoms with Crippen LogP contribution in [-0.4, -0.2) is 13.2 Å². The molecule has 0 fully saturated rings. The third-order valence-corrected chi connectivity index (χ3v) is 10.4. The van der Waals surface area contributed by atoms with Crippen molar-refractivity contribution >= 4 is 0 Å². The molecule has 6 rings (SSSR count). The topological polar surface area (TPSA) is 18.5 Å². The van der Waals surface area contributed by atoms with Gasteiger partial charge in [0, 0.05) is 35.4 Å². The van der Waals surface area contributed by atoms with Gasteiger partial charge in [0.1, 0.15) is 80.8 Å². The van der Waals surface area contributed by atoms with Crippen LogP contribution in [-0.2, 0) is 12.4 Å². The highest BCUT2D eigenvalue weighted by Crippen LogP contribution is 2.40. The molecule has 0 saturated heterocycles. The van der Waals surface area contributed by atoms with E-state index in [1.807, 2.05) is 6.92 Å². The summed E-state index contributed by atoms with van der Waals surface area (Å²) < 4.78 is 236. The molecular formula is C47H32F16O2. The van der Waals surface area contributed by atoms with Gasteiger partial charge in [-0.05, 0) is 90.3 Å². The van der Waals surface area contributed by atoms with Crippen LogP contribution >= 0.6 is 0 Å². The minimum Gasteiger partial charge on any atom is -0.493 e. The minimum atomic E-state index is -5.34. The lowest BCUT2D eigenvalue weighted by molar-refractivity contribution is -0.143. The van der Waals surface area contributed by atoms with Crippen LogP contribution < -0.4 is 9.47 Å². The van der Waals surface area contributed by atoms with Crippen LogP contribution in [0.1, 0.15) is 50.2 Å². The zero-order chi connectivity index (χ0) is 47.5. The molecular weight excluding hydrogens is 900 g/mol. The molecule has 0 aliphatic carbocycles. The van der Waals surface area contributed by atoms with Crippen molar-refractivity contribution in [3.05, 3.63) is 154 Å². The first-order valence-electron chi connectivity index (χ1n) is 19.5. The Morgan fingerprint density at radius 1 is 0.400 bits per heavy atom. The van der Waals surface area contributed by atoms with Crippen LogP contribution in [0.25, 0.3) is 44.5 Å². The van der Waals surface area contributed by atoms with E-state index >= 15 is 26.3 Å². The minimum absolute atomic E-state index is 0.0402. The van der Waals surface area contributed by atoms with Crippen molar-refractivity contribution in [1.29, 1.82) is 0 Å². The highest BCUT2D eigenvalue weighted by molar-refractivity contribution is 5.74. The number of hydrogen-bond acceptors (Lipinski definition) is 2. The van der Waals surface area contributed by atoms with Crippen molar-refractivity contribution in [3.63, 3.8) is 0 Å². The Kier molecular flexibility index (Phi) is 14.5. The first-order valence-corrected chi connectivity index (χ1v) is 19.5. The number of benzene rings is 6. The molecule has 0 atom stereocenters. The van der Waals surface area contributed by atoms with E-state index in [9.17, 15) is 43.9 Å². The number of hydrogen-bond donors (Lipinski definition) is 0. The standard InChI is InChI=1S/C47H32F16O2/c1-2-23(5-3-11-64-28-19-34(50)42(35(51)20-28)24-7-9-30(32(48)13-24)26-15-38(54)44(39(55)16-26)46(58,59)60)6-4-12-65-29-21-36(52)43(37(53)22-29)25-8-10-31(33(49)14-25)27-17-40(56)45(41(57)18-27)47(61,62)63/h7-10,13-23H,2-6,11-12H2,1H3. The van der Waals surface area contributed by atoms with Crippen molar-refractivity contribution < 1.29 is 79.7 Å². The average Bonchev–Trinajstić information content (AvgIpc) is 3.18. The van der Waals surface area contributed by atoms with Crippen LogP contribution in [0.15, 0.2) is 84.9 Å². The van der Waals surface area contributed by atoms with Crippen LogP contribution in [0.3, 0.4) is 0 Å². The zero-order valence-electron chi connectivity index (χ0n) is 33.5. The molecule has 0 aromatic heterocycles. The molecule has 65 heavy (non-hydrogen) atoms. The molecule has 0 unspecified atom stereocenters. The quantitative estimate of drug-likeness (QED) is 0.0755. The molecule has 0 heterocycles. The van der Waals surface area contributed by atoms with Gasteiger partial charge in [0.05, 0.1) is 24.3 Å². The Morgan fingerprint density at radius 3 is 0.985 bits per heavy atom. The summed E-state index contributed by atoms with van der Waals surface area (Å²) in [4.78, 5) is 0. The molecule has 0 spiro atoms. The second-order valence-electron chi connectivity index (χ2n) is 14.8. The smallest absolute Gasteiger partial charge is 0.422 e. The summed E-state index contributed by atoms with van der Waals surface area (Å²) in [6, 6.07) is 9.84. The molecule has 0 saturated carbocycles. The molecule has 0 amide bonds. The molecule has 18 heteroatoms. The number of alkyl halides is 6. The van der Waals surface area contributed by atoms with E-state index in [4.69, 9.17) is 9.47 Å². The monoisotopic (exact) mass is 932 g/mol. The molecule has 2 nitrogen and oxygen atoms in total. The zero-order valence-corrected chi connectivity index (χ0v) is 33.5. The van der Waals surface area contributed by atoms with Crippen LogP contribution in [0.2, 0.25) is 0 Å². The van der Waals surface area contributed by atoms with Gasteiger partial charge in [0.25, 0.3) is 0 Å². The third-order valence-electron chi connectivity index (χ3n) is 10.4. The molecule has 0 aliphatic heterocycles. The van der Waals surface area contributed by atoms with E-state index < -0.39 is 115 Å². The maximum absolute atomic E-state index is 15.1. The lowest BCUT2D eigenvalue weighted by Gasteiger charge is -2.16. The maximum atomic E-state index is 15.1. The van der Waals surface area contributed by atoms with Gasteiger partial charge in [-0.25, -0.2) is 43.9 Å². The molecule has 6 aromatic carbocycles. The van der Waals surface area contributed by atoms with Gasteiger partial charge < -0.3 is 9.47 Å². The fourth-order valence-electron chi connectivity index (χ4n) is 7.30. The van der Waals surface area contributed by atoms with Crippen LogP contribution in [0, 0.1) is 64.1 Å². The van der Waals surface area contributed by atoms with Gasteiger partial charge >= 0.3 is 12.4 Å². The summed E-state index contributed by atoms with van der Waals surface area (Å²) in [5, 5.41) is 0. The van der Waals surface area contributed by atoms with Crippen molar-refractivity contribution in [1.82, 2.24) is 0 Å². The highest BCUT2D eigenvalue weighted by Gasteiger charge is 2.39. The summed E-state index contributed by atoms with van der Waals surface area (Å²) >= 11 is 0. The second-order valence-corrected chi connectivity index (χ2v) is 14.8. The summed E-state index contributed by atoms with van der Waals surface area (Å²) in [6.45, 7) is 2.00. The van der Waals surface area contributed by atoms with Gasteiger partial charge in [-0.15, -0.1) is 0 Å². The molecule has 0 N–H and O–H groups in total. The van der Waals surface area contributed by atoms with Crippen molar-refractivity contribution in [2.24, 2.45) is 5.92 Å². The van der Waals surface area contributed by atoms with Gasteiger partial charge in [0.15, 0.2) is 0 Å². The van der Waals surface area contributed by atoms with Crippen molar-refractivity contribution in [2.45, 2.75) is 51.4 Å². The average molecular weight is 933 g/mol. The molecule has 6 aromatic rings. The van der Waals surface area contributed by atoms with E-state index in [0.29, 0.717) is 68.5 Å². The lowest BCUT2D eigenvalue weighted by Crippen LogP contribution is -2.11. The van der Waals surface area contributed by atoms with E-state index in [1.165, 1.54) is 0 Å². The van der Waals surface area contributed by atoms with Crippen molar-refractivity contribution in [3.8, 4) is 56.0 Å². The maximum Gasteiger partial charge on any atom is 0.422 e. The third kappa shape index (κ3) is 11.0. The Hall–Kier alpha value is -6.20. The van der Waals surface area contributed by atoms with E-state index in [-0.39, 0.29) is 41.8 Å². The van der Waals surface area contributed by atoms with Gasteiger partial charge in [-0.3, -0.25) is 0 Å². The predicted octanol–water partition coefficient (Wildman–Crippen LogP) is 15.8. The van der Waals surface area contributed by atoms with Crippen molar-refractivity contribution in [2.75, 3.05) is 13.2 Å². The molecule has 0 bridgehead atoms. The SMILES string of the molecule is CCC(CCCOc1cc(F)c(-c2ccc(-c3cc(F)c(C(F)(F)F)c(F)c3)c(F)c2)c(F)c1)CCCOc1cc(F)c(-c2ccc(-c3cc(F)c(C(F)(F)F)c(F)c3)c(F)c2)c(F)c1. The molecule has 344 valence electrons. The largest absolute Gasteiger partial charge is 0.493 e. The normalized spacial score (nSPS) is 12.0. The van der Waals surface area contributed by atoms with Gasteiger partial charge in [-0.2, -0.15) is 26.3 Å². The van der Waals surface area contributed by atoms with Gasteiger partial charge in [0.2, 0.25) is 0 Å². The van der Waals surface area contributed by atoms with Crippen LogP contribution in [0.4, 0.5) is 70.2 Å². The van der Waals surface area contributed by atoms with E-state index in [0.717, 1.165) is 48.5 Å². The Morgan fingerprint density at radius 2 is 0.708 bits per heavy atom. The Labute approximate surface area is 360 Å². The molecule has 0 aliphatic rings.